The van der Waals surface area contributed by atoms with E-state index in [-0.39, 0.29) is 47.1 Å². The average molecular weight is 478 g/mol. The highest BCUT2D eigenvalue weighted by molar-refractivity contribution is 6.21. The number of carbonyl (C=O) groups excluding carboxylic acids is 3. The van der Waals surface area contributed by atoms with Crippen LogP contribution in [0.4, 0.5) is 14.5 Å². The lowest BCUT2D eigenvalue weighted by Gasteiger charge is -2.36. The number of carbonyl (C=O) groups is 3. The van der Waals surface area contributed by atoms with E-state index < -0.39 is 29.5 Å². The molecule has 11 heteroatoms. The van der Waals surface area contributed by atoms with E-state index in [0.717, 1.165) is 17.0 Å². The fourth-order valence-electron chi connectivity index (χ4n) is 4.56. The molecule has 0 aliphatic carbocycles. The Bertz CT molecular complexity index is 1280. The minimum atomic E-state index is -1.19. The molecule has 0 saturated carbocycles. The smallest absolute Gasteiger partial charge is 0.262 e. The maximum Gasteiger partial charge on any atom is 0.262 e. The number of aromatic nitrogens is 3. The van der Waals surface area contributed by atoms with Crippen molar-refractivity contribution in [3.63, 3.8) is 0 Å². The van der Waals surface area contributed by atoms with Crippen LogP contribution in [0, 0.1) is 11.6 Å². The van der Waals surface area contributed by atoms with Crippen molar-refractivity contribution in [3.05, 3.63) is 89.3 Å². The number of imide groups is 1. The fraction of sp³-hybridized carbons (Fsp3) is 0.208. The minimum Gasteiger partial charge on any atom is -0.363 e. The van der Waals surface area contributed by atoms with E-state index in [1.165, 1.54) is 29.3 Å². The molecule has 2 aliphatic heterocycles. The molecule has 0 radical (unpaired) electrons. The number of amides is 3. The maximum atomic E-state index is 15.4. The number of anilines is 1. The van der Waals surface area contributed by atoms with Crippen LogP contribution in [-0.4, -0.2) is 69.1 Å². The van der Waals surface area contributed by atoms with Crippen LogP contribution in [0.5, 0.6) is 0 Å². The van der Waals surface area contributed by atoms with Crippen LogP contribution >= 0.6 is 0 Å². The Morgan fingerprint density at radius 2 is 1.63 bits per heavy atom. The lowest BCUT2D eigenvalue weighted by molar-refractivity contribution is -0.126. The van der Waals surface area contributed by atoms with Gasteiger partial charge >= 0.3 is 0 Å². The second-order valence-corrected chi connectivity index (χ2v) is 8.17. The number of nitrogens with zero attached hydrogens (tertiary/aromatic N) is 5. The molecule has 1 unspecified atom stereocenters. The molecule has 1 saturated heterocycles. The van der Waals surface area contributed by atoms with Gasteiger partial charge in [0, 0.05) is 26.2 Å². The summed E-state index contributed by atoms with van der Waals surface area (Å²) in [4.78, 5) is 42.1. The molecule has 1 aromatic heterocycles. The van der Waals surface area contributed by atoms with Gasteiger partial charge in [-0.25, -0.2) is 8.78 Å². The topological polar surface area (TPSA) is 102 Å². The van der Waals surface area contributed by atoms with Crippen LogP contribution in [0.25, 0.3) is 0 Å². The first kappa shape index (κ1) is 22.4. The van der Waals surface area contributed by atoms with Crippen LogP contribution in [0.1, 0.15) is 38.0 Å². The lowest BCUT2D eigenvalue weighted by Crippen LogP contribution is -2.48. The van der Waals surface area contributed by atoms with Crippen LogP contribution in [0.3, 0.4) is 0 Å². The first-order chi connectivity index (χ1) is 16.9. The summed E-state index contributed by atoms with van der Waals surface area (Å²) in [5.74, 6) is -3.13. The molecular formula is C24H20F2N6O3. The Hall–Kier alpha value is -4.41. The number of nitrogens with one attached hydrogen (secondary N) is 1. The molecule has 35 heavy (non-hydrogen) atoms. The molecule has 9 nitrogen and oxygen atoms in total. The van der Waals surface area contributed by atoms with Crippen molar-refractivity contribution in [2.24, 2.45) is 0 Å². The standard InChI is InChI=1S/C24H20F2N6O3/c1-2-20(33)30-7-9-31(10-8-30)22-17(25)11-14(12-18(22)26)21(19-13-27-29-28-19)32-23(34)15-5-3-4-6-16(15)24(32)35/h2-6,11-13,21H,1,7-10H2,(H,27,28,29). The van der Waals surface area contributed by atoms with E-state index in [1.807, 2.05) is 0 Å². The van der Waals surface area contributed by atoms with E-state index in [1.54, 1.807) is 17.0 Å². The summed E-state index contributed by atoms with van der Waals surface area (Å²) in [6.07, 6.45) is 2.50. The highest BCUT2D eigenvalue weighted by Gasteiger charge is 2.42. The second kappa shape index (κ2) is 8.75. The van der Waals surface area contributed by atoms with Crippen molar-refractivity contribution < 1.29 is 23.2 Å². The number of hydrogen-bond acceptors (Lipinski definition) is 6. The minimum absolute atomic E-state index is 0.0348. The molecule has 0 bridgehead atoms. The lowest BCUT2D eigenvalue weighted by atomic mass is 10.0. The van der Waals surface area contributed by atoms with Crippen LogP contribution < -0.4 is 4.90 Å². The van der Waals surface area contributed by atoms with Crippen molar-refractivity contribution >= 4 is 23.4 Å². The number of H-pyrrole nitrogens is 1. The molecule has 1 atom stereocenters. The van der Waals surface area contributed by atoms with E-state index in [0.29, 0.717) is 13.1 Å². The first-order valence-electron chi connectivity index (χ1n) is 10.9. The quantitative estimate of drug-likeness (QED) is 0.446. The predicted octanol–water partition coefficient (Wildman–Crippen LogP) is 2.30. The van der Waals surface area contributed by atoms with Gasteiger partial charge in [-0.05, 0) is 35.9 Å². The second-order valence-electron chi connectivity index (χ2n) is 8.17. The number of halogens is 2. The summed E-state index contributed by atoms with van der Waals surface area (Å²) in [6, 6.07) is 7.32. The molecular weight excluding hydrogens is 458 g/mol. The molecule has 2 aromatic carbocycles. The summed E-state index contributed by atoms with van der Waals surface area (Å²) in [5.41, 5.74) is 0.363. The zero-order valence-electron chi connectivity index (χ0n) is 18.4. The van der Waals surface area contributed by atoms with Gasteiger partial charge in [0.25, 0.3) is 11.8 Å². The third kappa shape index (κ3) is 3.74. The number of piperazine rings is 1. The Morgan fingerprint density at radius 3 is 2.14 bits per heavy atom. The number of benzene rings is 2. The SMILES string of the molecule is C=CC(=O)N1CCN(c2c(F)cc(C(c3cn[nH]n3)N3C(=O)c4ccccc4C3=O)cc2F)CC1. The molecule has 5 rings (SSSR count). The van der Waals surface area contributed by atoms with Crippen molar-refractivity contribution in [1.29, 1.82) is 0 Å². The largest absolute Gasteiger partial charge is 0.363 e. The van der Waals surface area contributed by atoms with Gasteiger partial charge in [0.15, 0.2) is 0 Å². The third-order valence-electron chi connectivity index (χ3n) is 6.23. The third-order valence-corrected chi connectivity index (χ3v) is 6.23. The average Bonchev–Trinajstić information content (AvgIpc) is 3.48. The highest BCUT2D eigenvalue weighted by Crippen LogP contribution is 2.37. The molecule has 178 valence electrons. The Balaban J connectivity index is 1.50. The van der Waals surface area contributed by atoms with Crippen molar-refractivity contribution in [2.45, 2.75) is 6.04 Å². The predicted molar refractivity (Wildman–Crippen MR) is 121 cm³/mol. The van der Waals surface area contributed by atoms with Crippen LogP contribution in [0.15, 0.2) is 55.3 Å². The normalized spacial score (nSPS) is 16.5. The Morgan fingerprint density at radius 1 is 1.03 bits per heavy atom. The maximum absolute atomic E-state index is 15.4. The number of rotatable bonds is 5. The van der Waals surface area contributed by atoms with Crippen molar-refractivity contribution in [2.75, 3.05) is 31.1 Å². The van der Waals surface area contributed by atoms with Crippen molar-refractivity contribution in [1.82, 2.24) is 25.2 Å². The van der Waals surface area contributed by atoms with Gasteiger partial charge in [0.1, 0.15) is 29.1 Å². The van der Waals surface area contributed by atoms with E-state index in [2.05, 4.69) is 22.0 Å². The Kier molecular flexibility index (Phi) is 5.59. The van der Waals surface area contributed by atoms with Gasteiger partial charge in [-0.1, -0.05) is 18.7 Å². The van der Waals surface area contributed by atoms with Gasteiger partial charge in [-0.3, -0.25) is 19.3 Å². The van der Waals surface area contributed by atoms with Crippen LogP contribution in [0.2, 0.25) is 0 Å². The first-order valence-corrected chi connectivity index (χ1v) is 10.9. The molecule has 1 N–H and O–H groups in total. The number of fused-ring (bicyclic) bond motifs is 1. The van der Waals surface area contributed by atoms with Gasteiger partial charge in [-0.15, -0.1) is 0 Å². The zero-order chi connectivity index (χ0) is 24.7. The monoisotopic (exact) mass is 478 g/mol. The highest BCUT2D eigenvalue weighted by atomic mass is 19.1. The summed E-state index contributed by atoms with van der Waals surface area (Å²) in [5, 5.41) is 10.2. The van der Waals surface area contributed by atoms with E-state index in [4.69, 9.17) is 0 Å². The number of aromatic amines is 1. The summed E-state index contributed by atoms with van der Waals surface area (Å²) in [6.45, 7) is 4.51. The molecule has 3 heterocycles. The molecule has 1 fully saturated rings. The van der Waals surface area contributed by atoms with Gasteiger partial charge < -0.3 is 9.80 Å². The molecule has 3 aromatic rings. The number of hydrogen-bond donors (Lipinski definition) is 1. The van der Waals surface area contributed by atoms with E-state index in [9.17, 15) is 14.4 Å². The Labute approximate surface area is 198 Å². The van der Waals surface area contributed by atoms with E-state index >= 15 is 8.78 Å². The van der Waals surface area contributed by atoms with Crippen LogP contribution in [-0.2, 0) is 4.79 Å². The zero-order valence-corrected chi connectivity index (χ0v) is 18.4. The van der Waals surface area contributed by atoms with Gasteiger partial charge in [0.2, 0.25) is 5.91 Å². The summed E-state index contributed by atoms with van der Waals surface area (Å²) >= 11 is 0. The summed E-state index contributed by atoms with van der Waals surface area (Å²) in [7, 11) is 0. The van der Waals surface area contributed by atoms with Gasteiger partial charge in [-0.2, -0.15) is 15.4 Å². The molecule has 3 amide bonds. The fourth-order valence-corrected chi connectivity index (χ4v) is 4.56. The van der Waals surface area contributed by atoms with Crippen molar-refractivity contribution in [3.8, 4) is 0 Å². The molecule has 2 aliphatic rings. The van der Waals surface area contributed by atoms with Gasteiger partial charge in [0.05, 0.1) is 17.3 Å². The molecule has 0 spiro atoms. The summed E-state index contributed by atoms with van der Waals surface area (Å²) < 4.78 is 30.7.